The van der Waals surface area contributed by atoms with Gasteiger partial charge < -0.3 is 5.11 Å². The summed E-state index contributed by atoms with van der Waals surface area (Å²) in [4.78, 5) is 0. The van der Waals surface area contributed by atoms with Gasteiger partial charge in [0.05, 0.1) is 0 Å². The van der Waals surface area contributed by atoms with Crippen molar-refractivity contribution in [2.45, 2.75) is 84.7 Å². The first kappa shape index (κ1) is 46.8. The maximum atomic E-state index is 14.3. The van der Waals surface area contributed by atoms with E-state index in [-0.39, 0.29) is 0 Å². The lowest BCUT2D eigenvalue weighted by atomic mass is 10.2. The van der Waals surface area contributed by atoms with Crippen LogP contribution < -0.4 is 0 Å². The summed E-state index contributed by atoms with van der Waals surface area (Å²) in [6.45, 7) is -3.78. The second kappa shape index (κ2) is 12.2. The number of hydrogen-bond donors (Lipinski definition) is 1. The van der Waals surface area contributed by atoms with E-state index < -0.39 is 91.3 Å². The zero-order valence-electron chi connectivity index (χ0n) is 20.7. The van der Waals surface area contributed by atoms with Crippen molar-refractivity contribution >= 4 is 0 Å². The molecule has 1 N–H and O–H groups in total. The van der Waals surface area contributed by atoms with Gasteiger partial charge in [0.2, 0.25) is 0 Å². The third-order valence-electron chi connectivity index (χ3n) is 4.66. The Labute approximate surface area is 244 Å². The highest BCUT2D eigenvalue weighted by atomic mass is 19.4. The molecule has 0 aromatic carbocycles. The molecule has 49 heavy (non-hydrogen) atoms. The van der Waals surface area contributed by atoms with Crippen LogP contribution in [0.15, 0.2) is 0 Å². The third kappa shape index (κ3) is 7.84. The van der Waals surface area contributed by atoms with Crippen LogP contribution in [-0.4, -0.2) is 96.4 Å². The number of ether oxygens (including phenoxy) is 4. The summed E-state index contributed by atoms with van der Waals surface area (Å²) in [5.74, 6) is -42.2. The normalized spacial score (nSPS) is 20.7. The van der Waals surface area contributed by atoms with E-state index in [9.17, 15) is 127 Å². The fraction of sp³-hybridized carbons (Fsp3) is 1.00. The number of hydrogen-bond acceptors (Lipinski definition) is 5. The maximum absolute atomic E-state index is 14.3. The molecule has 0 amide bonds. The Morgan fingerprint density at radius 1 is 0.286 bits per heavy atom. The molecule has 0 bridgehead atoms. The highest BCUT2D eigenvalue weighted by Crippen LogP contribution is 2.61. The minimum atomic E-state index is -9.19. The Balaban J connectivity index is 7.61. The molecule has 0 aliphatic carbocycles. The van der Waals surface area contributed by atoms with Crippen molar-refractivity contribution in [1.29, 1.82) is 0 Å². The number of aliphatic hydroxyl groups excluding tert-OH is 1. The van der Waals surface area contributed by atoms with Crippen molar-refractivity contribution in [3.05, 3.63) is 0 Å². The standard InChI is InChI=1S/C15H3F29O5/c16-2(1-45,7(22,23)24)46-13(39,40)4(19,9(28,29)30)48-15(43,44)6(21,11(34,35)36)49-14(41,42)5(20,10(31,32)33)47-12(37,38)3(17,18)8(25,26)27/h45H,1H2/t2-,4+,5-,6-/m0/s1. The fourth-order valence-corrected chi connectivity index (χ4v) is 2.19. The smallest absolute Gasteiger partial charge is 0.390 e. The lowest BCUT2D eigenvalue weighted by Gasteiger charge is -2.44. The molecule has 0 unspecified atom stereocenters. The van der Waals surface area contributed by atoms with Gasteiger partial charge in [0.15, 0.2) is 0 Å². The highest BCUT2D eigenvalue weighted by molar-refractivity contribution is 4.99. The molecule has 296 valence electrons. The Morgan fingerprint density at radius 3 is 0.694 bits per heavy atom. The molecule has 0 saturated heterocycles. The monoisotopic (exact) mass is 814 g/mol. The number of aliphatic hydroxyl groups is 1. The van der Waals surface area contributed by atoms with E-state index in [1.54, 1.807) is 0 Å². The average molecular weight is 814 g/mol. The minimum absolute atomic E-state index is 0.845. The molecular weight excluding hydrogens is 811 g/mol. The lowest BCUT2D eigenvalue weighted by molar-refractivity contribution is -0.593. The summed E-state index contributed by atoms with van der Waals surface area (Å²) in [7, 11) is 0. The molecule has 0 aliphatic heterocycles. The molecule has 0 aromatic rings. The van der Waals surface area contributed by atoms with E-state index in [0.29, 0.717) is 0 Å². The maximum Gasteiger partial charge on any atom is 0.462 e. The minimum Gasteiger partial charge on any atom is -0.390 e. The van der Waals surface area contributed by atoms with E-state index in [4.69, 9.17) is 5.11 Å². The van der Waals surface area contributed by atoms with Crippen molar-refractivity contribution in [3.63, 3.8) is 0 Å². The van der Waals surface area contributed by atoms with Crippen LogP contribution >= 0.6 is 0 Å². The van der Waals surface area contributed by atoms with Gasteiger partial charge in [-0.05, 0) is 0 Å². The average Bonchev–Trinajstić information content (AvgIpc) is 2.78. The second-order valence-corrected chi connectivity index (χ2v) is 8.21. The Hall–Kier alpha value is -2.23. The summed E-state index contributed by atoms with van der Waals surface area (Å²) >= 11 is 0. The first-order chi connectivity index (χ1) is 20.6. The third-order valence-corrected chi connectivity index (χ3v) is 4.66. The van der Waals surface area contributed by atoms with Crippen molar-refractivity contribution in [2.75, 3.05) is 6.61 Å². The van der Waals surface area contributed by atoms with Crippen molar-refractivity contribution < 1.29 is 151 Å². The number of alkyl halides is 29. The Bertz CT molecular complexity index is 1150. The molecular formula is C15H3F29O5. The summed E-state index contributed by atoms with van der Waals surface area (Å²) in [5.41, 5.74) is 0. The second-order valence-electron chi connectivity index (χ2n) is 8.21. The SMILES string of the molecule is OC[C@](F)(OC(F)(F)[C@](F)(OC(F)(F)[C@@](F)(OC(F)(F)[C@@](F)(OC(F)(F)C(F)(F)C(F)(F)F)C(F)(F)F)C(F)(F)F)C(F)(F)F)C(F)(F)F. The molecule has 0 heterocycles. The molecule has 0 saturated carbocycles. The van der Waals surface area contributed by atoms with Crippen molar-refractivity contribution in [2.24, 2.45) is 0 Å². The van der Waals surface area contributed by atoms with Gasteiger partial charge in [0, 0.05) is 0 Å². The summed E-state index contributed by atoms with van der Waals surface area (Å²) < 4.78 is 386. The van der Waals surface area contributed by atoms with Crippen LogP contribution in [0.3, 0.4) is 0 Å². The largest absolute Gasteiger partial charge is 0.462 e. The van der Waals surface area contributed by atoms with Gasteiger partial charge in [-0.1, -0.05) is 0 Å². The van der Waals surface area contributed by atoms with Crippen LogP contribution in [0.5, 0.6) is 0 Å². The van der Waals surface area contributed by atoms with Gasteiger partial charge in [-0.3, -0.25) is 18.9 Å². The van der Waals surface area contributed by atoms with Crippen molar-refractivity contribution in [3.8, 4) is 0 Å². The summed E-state index contributed by atoms with van der Waals surface area (Å²) in [6, 6.07) is 0. The molecule has 0 aliphatic rings. The van der Waals surface area contributed by atoms with Crippen molar-refractivity contribution in [1.82, 2.24) is 0 Å². The first-order valence-electron chi connectivity index (χ1n) is 10.0. The molecule has 0 spiro atoms. The van der Waals surface area contributed by atoms with E-state index in [1.165, 1.54) is 4.74 Å². The lowest BCUT2D eigenvalue weighted by Crippen LogP contribution is -2.72. The molecule has 0 aromatic heterocycles. The zero-order valence-corrected chi connectivity index (χ0v) is 20.7. The van der Waals surface area contributed by atoms with Gasteiger partial charge in [0.25, 0.3) is 0 Å². The fourth-order valence-electron chi connectivity index (χ4n) is 2.19. The summed E-state index contributed by atoms with van der Waals surface area (Å²) in [5, 5.41) is 8.11. The molecule has 0 fully saturated rings. The topological polar surface area (TPSA) is 57.2 Å². The molecule has 34 heteroatoms. The highest BCUT2D eigenvalue weighted by Gasteiger charge is 2.90. The van der Waals surface area contributed by atoms with E-state index in [2.05, 4.69) is 0 Å². The number of rotatable bonds is 13. The van der Waals surface area contributed by atoms with Gasteiger partial charge in [0.1, 0.15) is 6.61 Å². The van der Waals surface area contributed by atoms with Crippen LogP contribution in [0.4, 0.5) is 127 Å². The Kier molecular flexibility index (Phi) is 11.6. The molecule has 5 nitrogen and oxygen atoms in total. The first-order valence-corrected chi connectivity index (χ1v) is 10.0. The van der Waals surface area contributed by atoms with Gasteiger partial charge in [-0.15, -0.1) is 0 Å². The van der Waals surface area contributed by atoms with Crippen LogP contribution in [0.1, 0.15) is 0 Å². The predicted octanol–water partition coefficient (Wildman–Crippen LogP) is 8.53. The van der Waals surface area contributed by atoms with Crippen LogP contribution in [0, 0.1) is 0 Å². The van der Waals surface area contributed by atoms with Gasteiger partial charge in [-0.2, -0.15) is 127 Å². The van der Waals surface area contributed by atoms with Gasteiger partial charge in [-0.25, -0.2) is 0 Å². The van der Waals surface area contributed by atoms with Crippen LogP contribution in [0.25, 0.3) is 0 Å². The summed E-state index contributed by atoms with van der Waals surface area (Å²) in [6.07, 6.45) is -76.7. The predicted molar refractivity (Wildman–Crippen MR) is 81.8 cm³/mol. The molecule has 0 rings (SSSR count). The van der Waals surface area contributed by atoms with Crippen LogP contribution in [0.2, 0.25) is 0 Å². The van der Waals surface area contributed by atoms with E-state index in [0.717, 1.165) is 14.2 Å². The van der Waals surface area contributed by atoms with E-state index >= 15 is 0 Å². The van der Waals surface area contributed by atoms with E-state index in [1.807, 2.05) is 0 Å². The Morgan fingerprint density at radius 2 is 0.510 bits per heavy atom. The van der Waals surface area contributed by atoms with Gasteiger partial charge >= 0.3 is 84.7 Å². The number of halogens is 29. The zero-order chi connectivity index (χ0) is 40.5. The molecule has 0 radical (unpaired) electrons. The quantitative estimate of drug-likeness (QED) is 0.189. The van der Waals surface area contributed by atoms with Crippen LogP contribution in [-0.2, 0) is 18.9 Å². The molecule has 4 atom stereocenters.